The fourth-order valence-corrected chi connectivity index (χ4v) is 2.66. The number of fused-ring (bicyclic) bond motifs is 1. The molecule has 0 atom stereocenters. The van der Waals surface area contributed by atoms with Gasteiger partial charge in [-0.3, -0.25) is 5.43 Å². The first-order chi connectivity index (χ1) is 11.8. The van der Waals surface area contributed by atoms with E-state index in [4.69, 9.17) is 0 Å². The van der Waals surface area contributed by atoms with Gasteiger partial charge in [0, 0.05) is 6.07 Å². The molecule has 0 aliphatic heterocycles. The first-order valence-electron chi connectivity index (χ1n) is 8.36. The first kappa shape index (κ1) is 17.1. The third-order valence-electron chi connectivity index (χ3n) is 4.17. The molecule has 25 heavy (non-hydrogen) atoms. The minimum Gasteiger partial charge on any atom is -0.278 e. The molecule has 0 fully saturated rings. The molecule has 1 N–H and O–H groups in total. The highest BCUT2D eigenvalue weighted by atomic mass is 15.3. The van der Waals surface area contributed by atoms with Crippen molar-refractivity contribution in [2.45, 2.75) is 47.0 Å². The van der Waals surface area contributed by atoms with Crippen LogP contribution in [0.4, 0.5) is 5.69 Å². The Balaban J connectivity index is 1.83. The Hall–Kier alpha value is -2.76. The van der Waals surface area contributed by atoms with Gasteiger partial charge < -0.3 is 0 Å². The van der Waals surface area contributed by atoms with Crippen LogP contribution in [0, 0.1) is 13.8 Å². The summed E-state index contributed by atoms with van der Waals surface area (Å²) in [5, 5.41) is 17.4. The largest absolute Gasteiger partial charge is 0.278 e. The third kappa shape index (κ3) is 3.52. The highest BCUT2D eigenvalue weighted by Crippen LogP contribution is 2.23. The molecule has 6 nitrogen and oxygen atoms in total. The van der Waals surface area contributed by atoms with Crippen molar-refractivity contribution in [3.8, 4) is 0 Å². The number of aryl methyl sites for hydroxylation is 2. The lowest BCUT2D eigenvalue weighted by atomic mass is 9.87. The molecule has 0 amide bonds. The molecule has 0 saturated heterocycles. The molecule has 130 valence electrons. The van der Waals surface area contributed by atoms with Gasteiger partial charge in [0.2, 0.25) is 0 Å². The predicted octanol–water partition coefficient (Wildman–Crippen LogP) is 3.87. The number of hydrogen-bond donors (Lipinski definition) is 1. The molecule has 2 heterocycles. The standard InChI is InChI=1S/C19H24N6/c1-12-11-17-22-23-18(14(3)25(17)24-12)13(2)20-21-16-9-7-15(8-10-16)19(4,5)6/h7-11,21H,1-6H3. The molecule has 1 aromatic carbocycles. The van der Waals surface area contributed by atoms with Crippen molar-refractivity contribution in [1.82, 2.24) is 19.8 Å². The molecule has 0 saturated carbocycles. The van der Waals surface area contributed by atoms with Crippen molar-refractivity contribution in [2.24, 2.45) is 5.10 Å². The van der Waals surface area contributed by atoms with E-state index in [1.807, 2.05) is 39.0 Å². The van der Waals surface area contributed by atoms with Gasteiger partial charge in [0.1, 0.15) is 5.69 Å². The summed E-state index contributed by atoms with van der Waals surface area (Å²) in [7, 11) is 0. The summed E-state index contributed by atoms with van der Waals surface area (Å²) in [5.74, 6) is 0. The maximum absolute atomic E-state index is 4.45. The normalized spacial score (nSPS) is 12.6. The van der Waals surface area contributed by atoms with E-state index in [0.29, 0.717) is 0 Å². The van der Waals surface area contributed by atoms with Gasteiger partial charge in [-0.2, -0.15) is 10.2 Å². The molecule has 2 aromatic heterocycles. The van der Waals surface area contributed by atoms with E-state index in [1.54, 1.807) is 4.52 Å². The third-order valence-corrected chi connectivity index (χ3v) is 4.17. The Labute approximate surface area is 148 Å². The summed E-state index contributed by atoms with van der Waals surface area (Å²) >= 11 is 0. The number of rotatable bonds is 3. The van der Waals surface area contributed by atoms with Crippen LogP contribution in [-0.4, -0.2) is 25.5 Å². The van der Waals surface area contributed by atoms with Crippen molar-refractivity contribution in [3.05, 3.63) is 53.0 Å². The smallest absolute Gasteiger partial charge is 0.177 e. The monoisotopic (exact) mass is 336 g/mol. The maximum Gasteiger partial charge on any atom is 0.177 e. The topological polar surface area (TPSA) is 67.5 Å². The predicted molar refractivity (Wildman–Crippen MR) is 101 cm³/mol. The second-order valence-corrected chi connectivity index (χ2v) is 7.33. The van der Waals surface area contributed by atoms with Crippen molar-refractivity contribution in [2.75, 3.05) is 5.43 Å². The van der Waals surface area contributed by atoms with E-state index < -0.39 is 0 Å². The quantitative estimate of drug-likeness (QED) is 0.582. The maximum atomic E-state index is 4.45. The summed E-state index contributed by atoms with van der Waals surface area (Å²) in [6.45, 7) is 12.4. The van der Waals surface area contributed by atoms with E-state index in [9.17, 15) is 0 Å². The van der Waals surface area contributed by atoms with Crippen LogP contribution in [-0.2, 0) is 5.41 Å². The van der Waals surface area contributed by atoms with Gasteiger partial charge in [-0.15, -0.1) is 10.2 Å². The zero-order chi connectivity index (χ0) is 18.2. The Bertz CT molecular complexity index is 929. The number of benzene rings is 1. The SMILES string of the molecule is CC(=NNc1ccc(C(C)(C)C)cc1)c1nnc2cc(C)nn2c1C. The minimum absolute atomic E-state index is 0.141. The number of nitrogens with zero attached hydrogens (tertiary/aromatic N) is 5. The summed E-state index contributed by atoms with van der Waals surface area (Å²) in [4.78, 5) is 0. The molecule has 0 spiro atoms. The number of anilines is 1. The molecule has 0 aliphatic carbocycles. The molecule has 0 unspecified atom stereocenters. The Morgan fingerprint density at radius 1 is 1.08 bits per heavy atom. The molecule has 0 aliphatic rings. The first-order valence-corrected chi connectivity index (χ1v) is 8.36. The molecule has 0 radical (unpaired) electrons. The molecule has 6 heteroatoms. The van der Waals surface area contributed by atoms with Gasteiger partial charge in [0.05, 0.1) is 22.8 Å². The molecule has 3 rings (SSSR count). The molecule has 3 aromatic rings. The van der Waals surface area contributed by atoms with Gasteiger partial charge in [-0.1, -0.05) is 32.9 Å². The Morgan fingerprint density at radius 2 is 1.76 bits per heavy atom. The van der Waals surface area contributed by atoms with Crippen molar-refractivity contribution >= 4 is 17.0 Å². The van der Waals surface area contributed by atoms with Crippen molar-refractivity contribution in [3.63, 3.8) is 0 Å². The fraction of sp³-hybridized carbons (Fsp3) is 0.368. The van der Waals surface area contributed by atoms with Gasteiger partial charge in [0.15, 0.2) is 5.65 Å². The molecule has 0 bridgehead atoms. The second-order valence-electron chi connectivity index (χ2n) is 7.33. The van der Waals surface area contributed by atoms with E-state index in [1.165, 1.54) is 5.56 Å². The number of nitrogens with one attached hydrogen (secondary N) is 1. The van der Waals surface area contributed by atoms with Crippen LogP contribution in [0.5, 0.6) is 0 Å². The zero-order valence-corrected chi connectivity index (χ0v) is 15.6. The van der Waals surface area contributed by atoms with Gasteiger partial charge in [-0.05, 0) is 43.9 Å². The summed E-state index contributed by atoms with van der Waals surface area (Å²) < 4.78 is 1.80. The van der Waals surface area contributed by atoms with Gasteiger partial charge in [0.25, 0.3) is 0 Å². The summed E-state index contributed by atoms with van der Waals surface area (Å²) in [6, 6.07) is 10.2. The Morgan fingerprint density at radius 3 is 2.40 bits per heavy atom. The van der Waals surface area contributed by atoms with Crippen LogP contribution in [0.3, 0.4) is 0 Å². The lowest BCUT2D eigenvalue weighted by Crippen LogP contribution is -2.12. The van der Waals surface area contributed by atoms with Gasteiger partial charge >= 0.3 is 0 Å². The van der Waals surface area contributed by atoms with Crippen LogP contribution >= 0.6 is 0 Å². The van der Waals surface area contributed by atoms with Crippen molar-refractivity contribution in [1.29, 1.82) is 0 Å². The molecular formula is C19H24N6. The lowest BCUT2D eigenvalue weighted by Gasteiger charge is -2.19. The van der Waals surface area contributed by atoms with E-state index in [-0.39, 0.29) is 5.41 Å². The van der Waals surface area contributed by atoms with E-state index >= 15 is 0 Å². The second kappa shape index (κ2) is 6.27. The number of aromatic nitrogens is 4. The average Bonchev–Trinajstić information content (AvgIpc) is 2.94. The Kier molecular flexibility index (Phi) is 4.29. The molecular weight excluding hydrogens is 312 g/mol. The van der Waals surface area contributed by atoms with Crippen LogP contribution in [0.25, 0.3) is 5.65 Å². The fourth-order valence-electron chi connectivity index (χ4n) is 2.66. The van der Waals surface area contributed by atoms with Crippen LogP contribution in [0.1, 0.15) is 50.3 Å². The summed E-state index contributed by atoms with van der Waals surface area (Å²) in [6.07, 6.45) is 0. The van der Waals surface area contributed by atoms with Crippen LogP contribution in [0.15, 0.2) is 35.4 Å². The highest BCUT2D eigenvalue weighted by molar-refractivity contribution is 5.98. The van der Waals surface area contributed by atoms with Crippen LogP contribution < -0.4 is 5.43 Å². The number of hydrazone groups is 1. The van der Waals surface area contributed by atoms with Crippen molar-refractivity contribution < 1.29 is 0 Å². The zero-order valence-electron chi connectivity index (χ0n) is 15.6. The van der Waals surface area contributed by atoms with E-state index in [0.717, 1.165) is 34.1 Å². The highest BCUT2D eigenvalue weighted by Gasteiger charge is 2.13. The average molecular weight is 336 g/mol. The van der Waals surface area contributed by atoms with E-state index in [2.05, 4.69) is 58.7 Å². The summed E-state index contributed by atoms with van der Waals surface area (Å²) in [5.41, 5.74) is 9.54. The lowest BCUT2D eigenvalue weighted by molar-refractivity contribution is 0.590. The minimum atomic E-state index is 0.141. The van der Waals surface area contributed by atoms with Crippen LogP contribution in [0.2, 0.25) is 0 Å². The van der Waals surface area contributed by atoms with Gasteiger partial charge in [-0.25, -0.2) is 4.52 Å². The number of hydrogen-bond acceptors (Lipinski definition) is 5.